The van der Waals surface area contributed by atoms with Gasteiger partial charge in [-0.2, -0.15) is 4.98 Å². The van der Waals surface area contributed by atoms with E-state index in [1.54, 1.807) is 11.8 Å². The molecule has 3 aliphatic carbocycles. The van der Waals surface area contributed by atoms with Crippen molar-refractivity contribution >= 4 is 40.6 Å². The lowest BCUT2D eigenvalue weighted by atomic mass is 9.81. The third kappa shape index (κ3) is 5.20. The number of halogens is 1. The maximum absolute atomic E-state index is 6.94. The van der Waals surface area contributed by atoms with Crippen molar-refractivity contribution in [2.45, 2.75) is 62.6 Å². The van der Waals surface area contributed by atoms with Gasteiger partial charge in [-0.1, -0.05) is 85.1 Å². The fourth-order valence-electron chi connectivity index (χ4n) is 6.12. The van der Waals surface area contributed by atoms with E-state index in [1.807, 2.05) is 30.5 Å². The van der Waals surface area contributed by atoms with Crippen molar-refractivity contribution in [2.24, 2.45) is 5.73 Å². The van der Waals surface area contributed by atoms with Gasteiger partial charge in [-0.05, 0) is 109 Å². The van der Waals surface area contributed by atoms with Crippen molar-refractivity contribution in [1.82, 2.24) is 9.97 Å². The van der Waals surface area contributed by atoms with Crippen molar-refractivity contribution in [1.29, 1.82) is 0 Å². The molecule has 4 nitrogen and oxygen atoms in total. The molecule has 0 aliphatic heterocycles. The number of rotatable bonds is 9. The number of ether oxygens (including phenoxy) is 1. The van der Waals surface area contributed by atoms with Gasteiger partial charge in [0.15, 0.2) is 5.16 Å². The first kappa shape index (κ1) is 29.4. The van der Waals surface area contributed by atoms with Gasteiger partial charge in [0.05, 0.1) is 11.3 Å². The van der Waals surface area contributed by atoms with Gasteiger partial charge in [0.25, 0.3) is 0 Å². The molecule has 0 amide bonds. The minimum Gasteiger partial charge on any atom is -0.472 e. The molecule has 212 valence electrons. The molecular formula is C35H38ClN3OS. The molecule has 3 aliphatic rings. The van der Waals surface area contributed by atoms with E-state index in [4.69, 9.17) is 32.9 Å². The summed E-state index contributed by atoms with van der Waals surface area (Å²) < 4.78 is 6.46. The van der Waals surface area contributed by atoms with E-state index in [1.165, 1.54) is 18.2 Å². The lowest BCUT2D eigenvalue weighted by Crippen LogP contribution is -2.13. The quantitative estimate of drug-likeness (QED) is 0.201. The predicted molar refractivity (Wildman–Crippen MR) is 175 cm³/mol. The van der Waals surface area contributed by atoms with Gasteiger partial charge in [0, 0.05) is 10.4 Å². The number of nitrogens with two attached hydrogens (primary N) is 1. The predicted octanol–water partition coefficient (Wildman–Crippen LogP) is 8.92. The Bertz CT molecular complexity index is 1570. The molecule has 2 fully saturated rings. The van der Waals surface area contributed by atoms with Crippen LogP contribution in [0.5, 0.6) is 5.88 Å². The Labute approximate surface area is 253 Å². The van der Waals surface area contributed by atoms with Gasteiger partial charge in [0.2, 0.25) is 5.88 Å². The molecule has 1 spiro atoms. The van der Waals surface area contributed by atoms with Crippen LogP contribution in [0.4, 0.5) is 0 Å². The molecule has 0 radical (unpaired) electrons. The van der Waals surface area contributed by atoms with Gasteiger partial charge >= 0.3 is 0 Å². The lowest BCUT2D eigenvalue weighted by molar-refractivity contribution is 0.289. The highest BCUT2D eigenvalue weighted by molar-refractivity contribution is 7.98. The second kappa shape index (κ2) is 12.0. The minimum absolute atomic E-state index is 0.185. The topological polar surface area (TPSA) is 61.0 Å². The number of nitrogens with zero attached hydrogens (tertiary/aromatic N) is 2. The highest BCUT2D eigenvalue weighted by atomic mass is 35.5. The zero-order chi connectivity index (χ0) is 29.3. The third-order valence-electron chi connectivity index (χ3n) is 8.17. The molecule has 1 aromatic heterocycles. The van der Waals surface area contributed by atoms with Crippen LogP contribution in [0.2, 0.25) is 5.02 Å². The van der Waals surface area contributed by atoms with Crippen LogP contribution < -0.4 is 10.5 Å². The average molecular weight is 584 g/mol. The molecule has 0 bridgehead atoms. The van der Waals surface area contributed by atoms with E-state index in [2.05, 4.69) is 56.5 Å². The highest BCUT2D eigenvalue weighted by Crippen LogP contribution is 2.66. The summed E-state index contributed by atoms with van der Waals surface area (Å²) in [6.45, 7) is 13.6. The van der Waals surface area contributed by atoms with E-state index in [0.717, 1.165) is 80.5 Å². The van der Waals surface area contributed by atoms with Crippen molar-refractivity contribution in [3.05, 3.63) is 111 Å². The summed E-state index contributed by atoms with van der Waals surface area (Å²) in [4.78, 5) is 10.0. The molecule has 0 unspecified atom stereocenters. The maximum atomic E-state index is 6.94. The Kier molecular flexibility index (Phi) is 8.60. The molecule has 3 aromatic rings. The zero-order valence-corrected chi connectivity index (χ0v) is 26.0. The number of aromatic nitrogens is 2. The highest BCUT2D eigenvalue weighted by Gasteiger charge is 2.57. The maximum Gasteiger partial charge on any atom is 0.226 e. The van der Waals surface area contributed by atoms with Crippen LogP contribution in [-0.4, -0.2) is 23.3 Å². The standard InChI is InChI=1S/C34H33ClN2OS.CH5N/c1-6-11-25-29-31(36-33(39-5)37-32(29)38-19-22-12-9-8-10-13-22)34(16-17-34)30(25)21(4)27-24(7-2)20(3)18-26(35)28(27)23-14-15-23;1-2/h6-13,18,23H,2,4,14-17,19H2,1,3,5H3;2H2,1H3/b11-6-;. The second-order valence-corrected chi connectivity index (χ2v) is 11.9. The summed E-state index contributed by atoms with van der Waals surface area (Å²) in [6, 6.07) is 12.3. The number of hydrogen-bond donors (Lipinski definition) is 1. The van der Waals surface area contributed by atoms with Crippen molar-refractivity contribution in [2.75, 3.05) is 13.3 Å². The molecule has 0 atom stereocenters. The van der Waals surface area contributed by atoms with Crippen LogP contribution in [0.3, 0.4) is 0 Å². The van der Waals surface area contributed by atoms with Crippen LogP contribution in [0, 0.1) is 6.92 Å². The summed E-state index contributed by atoms with van der Waals surface area (Å²) in [6.07, 6.45) is 12.6. The largest absolute Gasteiger partial charge is 0.472 e. The van der Waals surface area contributed by atoms with Crippen LogP contribution >= 0.6 is 23.4 Å². The first-order valence-corrected chi connectivity index (χ1v) is 15.8. The third-order valence-corrected chi connectivity index (χ3v) is 9.03. The van der Waals surface area contributed by atoms with Crippen molar-refractivity contribution in [3.8, 4) is 5.88 Å². The Morgan fingerprint density at radius 2 is 1.90 bits per heavy atom. The molecule has 6 heteroatoms. The molecule has 1 heterocycles. The second-order valence-electron chi connectivity index (χ2n) is 10.7. The van der Waals surface area contributed by atoms with Crippen molar-refractivity contribution in [3.63, 3.8) is 0 Å². The van der Waals surface area contributed by atoms with Crippen LogP contribution in [0.15, 0.2) is 72.4 Å². The average Bonchev–Trinajstić information content (AvgIpc) is 3.92. The molecule has 2 saturated carbocycles. The molecular weight excluding hydrogens is 546 g/mol. The van der Waals surface area contributed by atoms with Crippen molar-refractivity contribution < 1.29 is 4.74 Å². The van der Waals surface area contributed by atoms with Gasteiger partial charge in [0.1, 0.15) is 6.61 Å². The fourth-order valence-corrected chi connectivity index (χ4v) is 6.89. The molecule has 6 rings (SSSR count). The van der Waals surface area contributed by atoms with E-state index in [-0.39, 0.29) is 5.41 Å². The summed E-state index contributed by atoms with van der Waals surface area (Å²) in [7, 11) is 1.50. The van der Waals surface area contributed by atoms with Gasteiger partial charge in [-0.3, -0.25) is 0 Å². The minimum atomic E-state index is -0.185. The summed E-state index contributed by atoms with van der Waals surface area (Å²) in [5.74, 6) is 1.12. The van der Waals surface area contributed by atoms with Crippen LogP contribution in [0.25, 0.3) is 17.2 Å². The molecule has 41 heavy (non-hydrogen) atoms. The van der Waals surface area contributed by atoms with Gasteiger partial charge in [-0.15, -0.1) is 0 Å². The number of hydrogen-bond acceptors (Lipinski definition) is 5. The summed E-state index contributed by atoms with van der Waals surface area (Å²) >= 11 is 8.49. The van der Waals surface area contributed by atoms with E-state index in [0.29, 0.717) is 18.4 Å². The smallest absolute Gasteiger partial charge is 0.226 e. The Morgan fingerprint density at radius 3 is 2.49 bits per heavy atom. The van der Waals surface area contributed by atoms with Gasteiger partial charge < -0.3 is 10.5 Å². The van der Waals surface area contributed by atoms with Crippen LogP contribution in [0.1, 0.15) is 77.6 Å². The summed E-state index contributed by atoms with van der Waals surface area (Å²) in [5, 5.41) is 1.57. The Balaban J connectivity index is 0.00000165. The number of thioether (sulfide) groups is 1. The Morgan fingerprint density at radius 1 is 1.20 bits per heavy atom. The fraction of sp³-hybridized carbons (Fsp3) is 0.314. The van der Waals surface area contributed by atoms with E-state index in [9.17, 15) is 0 Å². The summed E-state index contributed by atoms with van der Waals surface area (Å²) in [5.41, 5.74) is 15.5. The molecule has 2 N–H and O–H groups in total. The van der Waals surface area contributed by atoms with Gasteiger partial charge in [-0.25, -0.2) is 4.98 Å². The monoisotopic (exact) mass is 583 g/mol. The lowest BCUT2D eigenvalue weighted by Gasteiger charge is -2.23. The van der Waals surface area contributed by atoms with Crippen LogP contribution in [-0.2, 0) is 12.0 Å². The molecule has 0 saturated heterocycles. The number of aryl methyl sites for hydroxylation is 1. The van der Waals surface area contributed by atoms with E-state index < -0.39 is 0 Å². The number of fused-ring (bicyclic) bond motifs is 2. The zero-order valence-electron chi connectivity index (χ0n) is 24.4. The normalized spacial score (nSPS) is 16.4. The first-order valence-electron chi connectivity index (χ1n) is 14.2. The van der Waals surface area contributed by atoms with E-state index >= 15 is 0 Å². The number of allylic oxidation sites excluding steroid dienone is 5. The number of benzene rings is 2. The molecule has 2 aromatic carbocycles. The first-order chi connectivity index (χ1) is 19.9. The SMILES string of the molecule is C=Cc1c(C)cc(Cl)c(C2CC2)c1C(=C)C1=C(/C=C\C)c2c(OCc3ccccc3)nc(SC)nc2C12CC2.CN. The Hall–Kier alpha value is -3.12.